The molecule has 1 aromatic carbocycles. The Bertz CT molecular complexity index is 1110. The van der Waals surface area contributed by atoms with Crippen LogP contribution in [-0.2, 0) is 16.1 Å². The van der Waals surface area contributed by atoms with E-state index in [9.17, 15) is 19.1 Å². The molecule has 1 fully saturated rings. The molecule has 6 nitrogen and oxygen atoms in total. The number of aromatic nitrogens is 2. The summed E-state index contributed by atoms with van der Waals surface area (Å²) in [6.07, 6.45) is 3.80. The lowest BCUT2D eigenvalue weighted by Crippen LogP contribution is -2.22. The van der Waals surface area contributed by atoms with Crippen LogP contribution in [0, 0.1) is 29.5 Å². The summed E-state index contributed by atoms with van der Waals surface area (Å²) in [5.74, 6) is 4.68. The van der Waals surface area contributed by atoms with Gasteiger partial charge in [0, 0.05) is 13.5 Å². The number of carboxylic acids is 1. The first-order valence-electron chi connectivity index (χ1n) is 11.4. The number of imidazole rings is 1. The van der Waals surface area contributed by atoms with E-state index in [1.165, 1.54) is 12.1 Å². The highest BCUT2D eigenvalue weighted by Gasteiger charge is 2.28. The summed E-state index contributed by atoms with van der Waals surface area (Å²) in [6.45, 7) is 3.80. The second-order valence-electron chi connectivity index (χ2n) is 9.28. The number of benzene rings is 1. The molecule has 8 heteroatoms. The van der Waals surface area contributed by atoms with E-state index in [-0.39, 0.29) is 41.5 Å². The predicted molar refractivity (Wildman–Crippen MR) is 127 cm³/mol. The van der Waals surface area contributed by atoms with E-state index in [2.05, 4.69) is 16.8 Å². The number of rotatable bonds is 8. The third kappa shape index (κ3) is 6.68. The van der Waals surface area contributed by atoms with Crippen molar-refractivity contribution in [2.75, 3.05) is 7.11 Å². The third-order valence-corrected chi connectivity index (χ3v) is 6.67. The number of carboxylic acid groups (broad SMARTS) is 1. The highest BCUT2D eigenvalue weighted by molar-refractivity contribution is 6.29. The summed E-state index contributed by atoms with van der Waals surface area (Å²) < 4.78 is 20.7. The van der Waals surface area contributed by atoms with Gasteiger partial charge in [0.25, 0.3) is 0 Å². The summed E-state index contributed by atoms with van der Waals surface area (Å²) in [5, 5.41) is 9.30. The molecule has 2 aromatic rings. The number of ketones is 1. The maximum atomic E-state index is 13.7. The fourth-order valence-electron chi connectivity index (χ4n) is 4.17. The monoisotopic (exact) mass is 488 g/mol. The SMILES string of the molecule is COC(C)(C)C#Cc1nc(Cl)n(Cc2cccc(F)c2)c1C(=O)CCC1CCC(C(=O)O)CC1. The van der Waals surface area contributed by atoms with Gasteiger partial charge in [0.05, 0.1) is 12.5 Å². The molecule has 1 aromatic heterocycles. The number of aliphatic carboxylic acids is 1. The number of carbonyl (C=O) groups is 2. The van der Waals surface area contributed by atoms with Crippen LogP contribution in [-0.4, -0.2) is 39.1 Å². The second-order valence-corrected chi connectivity index (χ2v) is 9.61. The Morgan fingerprint density at radius 3 is 2.62 bits per heavy atom. The first-order valence-corrected chi connectivity index (χ1v) is 11.8. The van der Waals surface area contributed by atoms with E-state index >= 15 is 0 Å². The Labute approximate surface area is 204 Å². The molecule has 0 amide bonds. The van der Waals surface area contributed by atoms with Crippen molar-refractivity contribution in [1.29, 1.82) is 0 Å². The average molecular weight is 489 g/mol. The topological polar surface area (TPSA) is 81.4 Å². The van der Waals surface area contributed by atoms with E-state index in [1.54, 1.807) is 37.7 Å². The number of hydrogen-bond donors (Lipinski definition) is 1. The highest BCUT2D eigenvalue weighted by atomic mass is 35.5. The van der Waals surface area contributed by atoms with Gasteiger partial charge in [0.15, 0.2) is 5.78 Å². The molecule has 3 rings (SSSR count). The van der Waals surface area contributed by atoms with Crippen molar-refractivity contribution in [2.24, 2.45) is 11.8 Å². The molecule has 0 unspecified atom stereocenters. The Hall–Kier alpha value is -2.69. The minimum Gasteiger partial charge on any atom is -0.481 e. The van der Waals surface area contributed by atoms with Crippen LogP contribution in [0.5, 0.6) is 0 Å². The molecule has 0 saturated heterocycles. The molecule has 1 N–H and O–H groups in total. The minimum absolute atomic E-state index is 0.106. The van der Waals surface area contributed by atoms with Crippen LogP contribution in [0.25, 0.3) is 0 Å². The number of methoxy groups -OCH3 is 1. The number of halogens is 2. The summed E-state index contributed by atoms with van der Waals surface area (Å²) in [7, 11) is 1.55. The zero-order valence-electron chi connectivity index (χ0n) is 19.7. The molecule has 0 radical (unpaired) electrons. The lowest BCUT2D eigenvalue weighted by atomic mass is 9.79. The van der Waals surface area contributed by atoms with Crippen molar-refractivity contribution in [3.05, 3.63) is 52.3 Å². The number of Topliss-reactive ketones (excluding diaryl/α,β-unsaturated/α-hetero) is 1. The summed E-state index contributed by atoms with van der Waals surface area (Å²) >= 11 is 6.41. The van der Waals surface area contributed by atoms with E-state index in [1.807, 2.05) is 0 Å². The molecule has 1 aliphatic rings. The molecule has 0 atom stereocenters. The average Bonchev–Trinajstić information content (AvgIpc) is 3.11. The van der Waals surface area contributed by atoms with Crippen LogP contribution in [0.2, 0.25) is 5.28 Å². The van der Waals surface area contributed by atoms with Crippen molar-refractivity contribution in [2.45, 2.75) is 64.5 Å². The molecule has 1 saturated carbocycles. The van der Waals surface area contributed by atoms with Gasteiger partial charge in [0.2, 0.25) is 5.28 Å². The Morgan fingerprint density at radius 2 is 2.00 bits per heavy atom. The standard InChI is InChI=1S/C26H30ClFN2O4/c1-26(2,34-3)14-13-21-23(22(31)12-9-17-7-10-19(11-8-17)24(32)33)30(25(27)29-21)16-18-5-4-6-20(28)15-18/h4-6,15,17,19H,7-12,16H2,1-3H3,(H,32,33). The van der Waals surface area contributed by atoms with Gasteiger partial charge in [-0.25, -0.2) is 9.37 Å². The molecular weight excluding hydrogens is 459 g/mol. The van der Waals surface area contributed by atoms with Gasteiger partial charge in [-0.1, -0.05) is 18.1 Å². The number of ether oxygens (including phenoxy) is 1. The van der Waals surface area contributed by atoms with Gasteiger partial charge in [-0.2, -0.15) is 0 Å². The zero-order valence-corrected chi connectivity index (χ0v) is 20.5. The van der Waals surface area contributed by atoms with E-state index in [0.717, 1.165) is 12.8 Å². The van der Waals surface area contributed by atoms with Gasteiger partial charge in [-0.05, 0) is 87.1 Å². The van der Waals surface area contributed by atoms with Crippen molar-refractivity contribution in [1.82, 2.24) is 9.55 Å². The van der Waals surface area contributed by atoms with E-state index < -0.39 is 11.6 Å². The molecular formula is C26H30ClFN2O4. The number of hydrogen-bond acceptors (Lipinski definition) is 4. The molecule has 34 heavy (non-hydrogen) atoms. The fourth-order valence-corrected chi connectivity index (χ4v) is 4.40. The van der Waals surface area contributed by atoms with Gasteiger partial charge < -0.3 is 14.4 Å². The maximum Gasteiger partial charge on any atom is 0.306 e. The zero-order chi connectivity index (χ0) is 24.9. The highest BCUT2D eigenvalue weighted by Crippen LogP contribution is 2.32. The smallest absolute Gasteiger partial charge is 0.306 e. The van der Waals surface area contributed by atoms with Crippen molar-refractivity contribution in [3.63, 3.8) is 0 Å². The summed E-state index contributed by atoms with van der Waals surface area (Å²) in [6, 6.07) is 6.11. The third-order valence-electron chi connectivity index (χ3n) is 6.38. The quantitative estimate of drug-likeness (QED) is 0.400. The van der Waals surface area contributed by atoms with Gasteiger partial charge in [-0.15, -0.1) is 0 Å². The van der Waals surface area contributed by atoms with Gasteiger partial charge in [0.1, 0.15) is 22.8 Å². The summed E-state index contributed by atoms with van der Waals surface area (Å²) in [4.78, 5) is 28.9. The lowest BCUT2D eigenvalue weighted by Gasteiger charge is -2.25. The molecule has 182 valence electrons. The maximum absolute atomic E-state index is 13.7. The minimum atomic E-state index is -0.743. The van der Waals surface area contributed by atoms with Crippen molar-refractivity contribution < 1.29 is 23.8 Å². The molecule has 0 bridgehead atoms. The molecule has 1 aliphatic carbocycles. The van der Waals surface area contributed by atoms with Crippen LogP contribution in [0.3, 0.4) is 0 Å². The van der Waals surface area contributed by atoms with Crippen LogP contribution in [0.1, 0.15) is 74.1 Å². The van der Waals surface area contributed by atoms with Crippen LogP contribution >= 0.6 is 11.6 Å². The van der Waals surface area contributed by atoms with E-state index in [4.69, 9.17) is 16.3 Å². The molecule has 1 heterocycles. The normalized spacial score (nSPS) is 18.3. The van der Waals surface area contributed by atoms with Crippen molar-refractivity contribution in [3.8, 4) is 11.8 Å². The second kappa shape index (κ2) is 11.2. The van der Waals surface area contributed by atoms with Crippen LogP contribution in [0.4, 0.5) is 4.39 Å². The number of nitrogens with zero attached hydrogens (tertiary/aromatic N) is 2. The first-order chi connectivity index (χ1) is 16.1. The van der Waals surface area contributed by atoms with Crippen LogP contribution < -0.4 is 0 Å². The largest absolute Gasteiger partial charge is 0.481 e. The Balaban J connectivity index is 1.84. The van der Waals surface area contributed by atoms with Gasteiger partial charge in [-0.3, -0.25) is 9.59 Å². The van der Waals surface area contributed by atoms with E-state index in [0.29, 0.717) is 36.4 Å². The first kappa shape index (κ1) is 25.9. The van der Waals surface area contributed by atoms with Crippen molar-refractivity contribution >= 4 is 23.4 Å². The fraction of sp³-hybridized carbons (Fsp3) is 0.500. The Morgan fingerprint density at radius 1 is 1.29 bits per heavy atom. The number of carbonyl (C=O) groups excluding carboxylic acids is 1. The Kier molecular flexibility index (Phi) is 8.51. The lowest BCUT2D eigenvalue weighted by molar-refractivity contribution is -0.143. The molecule has 0 aliphatic heterocycles. The van der Waals surface area contributed by atoms with Crippen LogP contribution in [0.15, 0.2) is 24.3 Å². The van der Waals surface area contributed by atoms with Gasteiger partial charge >= 0.3 is 5.97 Å². The summed E-state index contributed by atoms with van der Waals surface area (Å²) in [5.41, 5.74) is 0.484. The molecule has 0 spiro atoms. The predicted octanol–water partition coefficient (Wildman–Crippen LogP) is 5.35.